The van der Waals surface area contributed by atoms with E-state index in [-0.39, 0.29) is 17.1 Å². The molecular formula is C30H30ClFN4O2. The van der Waals surface area contributed by atoms with Crippen LogP contribution in [0.15, 0.2) is 48.5 Å². The molecule has 0 aliphatic carbocycles. The molecule has 6 nitrogen and oxygen atoms in total. The second kappa shape index (κ2) is 9.95. The second-order valence-corrected chi connectivity index (χ2v) is 10.7. The van der Waals surface area contributed by atoms with Crippen LogP contribution < -0.4 is 4.74 Å². The Morgan fingerprint density at radius 1 is 1.08 bits per heavy atom. The van der Waals surface area contributed by atoms with Gasteiger partial charge >= 0.3 is 6.03 Å². The van der Waals surface area contributed by atoms with Crippen LogP contribution in [0.3, 0.4) is 0 Å². The van der Waals surface area contributed by atoms with Crippen LogP contribution >= 0.6 is 11.6 Å². The van der Waals surface area contributed by atoms with E-state index in [1.165, 1.54) is 6.07 Å². The number of benzene rings is 3. The number of hydrogen-bond donors (Lipinski definition) is 1. The van der Waals surface area contributed by atoms with E-state index in [1.54, 1.807) is 12.1 Å². The molecule has 1 unspecified atom stereocenters. The lowest BCUT2D eigenvalue weighted by atomic mass is 9.95. The predicted molar refractivity (Wildman–Crippen MR) is 147 cm³/mol. The molecule has 3 heterocycles. The molecule has 6 rings (SSSR count). The predicted octanol–water partition coefficient (Wildman–Crippen LogP) is 7.18. The Kier molecular flexibility index (Phi) is 6.48. The first-order valence-corrected chi connectivity index (χ1v) is 13.5. The lowest BCUT2D eigenvalue weighted by Gasteiger charge is -2.39. The molecule has 1 atom stereocenters. The number of rotatable bonds is 2. The molecule has 3 aromatic carbocycles. The van der Waals surface area contributed by atoms with E-state index in [2.05, 4.69) is 41.2 Å². The molecule has 0 saturated carbocycles. The van der Waals surface area contributed by atoms with Crippen molar-refractivity contribution in [1.29, 1.82) is 0 Å². The minimum Gasteiger partial charge on any atom is -0.491 e. The van der Waals surface area contributed by atoms with Gasteiger partial charge in [-0.15, -0.1) is 0 Å². The van der Waals surface area contributed by atoms with Gasteiger partial charge in [0.1, 0.15) is 24.0 Å². The van der Waals surface area contributed by atoms with Gasteiger partial charge in [0.2, 0.25) is 0 Å². The molecule has 4 aromatic rings. The van der Waals surface area contributed by atoms with E-state index in [0.717, 1.165) is 69.7 Å². The fourth-order valence-electron chi connectivity index (χ4n) is 5.77. The first kappa shape index (κ1) is 24.7. The smallest absolute Gasteiger partial charge is 0.320 e. The summed E-state index contributed by atoms with van der Waals surface area (Å²) in [6, 6.07) is 15.1. The normalized spacial score (nSPS) is 17.7. The van der Waals surface area contributed by atoms with E-state index >= 15 is 0 Å². The molecule has 0 radical (unpaired) electrons. The number of H-pyrrole nitrogens is 1. The van der Waals surface area contributed by atoms with Gasteiger partial charge in [0, 0.05) is 12.1 Å². The summed E-state index contributed by atoms with van der Waals surface area (Å²) in [6.45, 7) is 6.05. The molecule has 1 N–H and O–H groups in total. The zero-order valence-corrected chi connectivity index (χ0v) is 22.3. The van der Waals surface area contributed by atoms with Gasteiger partial charge in [-0.25, -0.2) is 14.2 Å². The lowest BCUT2D eigenvalue weighted by Crippen LogP contribution is -2.47. The third-order valence-electron chi connectivity index (χ3n) is 7.60. The van der Waals surface area contributed by atoms with E-state index in [4.69, 9.17) is 16.3 Å². The van der Waals surface area contributed by atoms with Gasteiger partial charge < -0.3 is 19.5 Å². The molecule has 1 fully saturated rings. The van der Waals surface area contributed by atoms with Crippen LogP contribution in [0.25, 0.3) is 22.2 Å². The molecule has 0 spiro atoms. The number of ether oxygens (including phenoxy) is 1. The quantitative estimate of drug-likeness (QED) is 0.297. The van der Waals surface area contributed by atoms with Crippen molar-refractivity contribution in [3.8, 4) is 16.9 Å². The Labute approximate surface area is 226 Å². The molecule has 38 heavy (non-hydrogen) atoms. The molecule has 0 bridgehead atoms. The third kappa shape index (κ3) is 4.60. The van der Waals surface area contributed by atoms with E-state index in [0.29, 0.717) is 26.2 Å². The number of nitrogens with one attached hydrogen (secondary N) is 1. The van der Waals surface area contributed by atoms with Crippen molar-refractivity contribution in [1.82, 2.24) is 19.8 Å². The van der Waals surface area contributed by atoms with Gasteiger partial charge in [-0.1, -0.05) is 23.7 Å². The third-order valence-corrected chi connectivity index (χ3v) is 7.89. The monoisotopic (exact) mass is 532 g/mol. The summed E-state index contributed by atoms with van der Waals surface area (Å²) in [5.74, 6) is 1.29. The fraction of sp³-hybridized carbons (Fsp3) is 0.333. The minimum atomic E-state index is -0.446. The number of aryl methyl sites for hydroxylation is 2. The molecule has 1 aromatic heterocycles. The molecular weight excluding hydrogens is 503 g/mol. The van der Waals surface area contributed by atoms with Gasteiger partial charge in [0.15, 0.2) is 0 Å². The van der Waals surface area contributed by atoms with E-state index in [9.17, 15) is 9.18 Å². The van der Waals surface area contributed by atoms with Crippen LogP contribution in [0, 0.1) is 19.7 Å². The minimum absolute atomic E-state index is 0.0241. The Morgan fingerprint density at radius 2 is 1.95 bits per heavy atom. The van der Waals surface area contributed by atoms with Crippen LogP contribution in [-0.2, 0) is 6.54 Å². The number of amides is 2. The summed E-state index contributed by atoms with van der Waals surface area (Å²) in [5.41, 5.74) is 7.01. The zero-order chi connectivity index (χ0) is 26.4. The van der Waals surface area contributed by atoms with Gasteiger partial charge in [-0.3, -0.25) is 0 Å². The number of halogens is 2. The number of aromatic amines is 1. The Bertz CT molecular complexity index is 1530. The second-order valence-electron chi connectivity index (χ2n) is 10.3. The van der Waals surface area contributed by atoms with Gasteiger partial charge in [-0.05, 0) is 91.8 Å². The van der Waals surface area contributed by atoms with Gasteiger partial charge in [0.05, 0.1) is 35.2 Å². The summed E-state index contributed by atoms with van der Waals surface area (Å²) >= 11 is 6.09. The van der Waals surface area contributed by atoms with Gasteiger partial charge in [-0.2, -0.15) is 0 Å². The fourth-order valence-corrected chi connectivity index (χ4v) is 5.96. The maximum atomic E-state index is 13.9. The molecule has 8 heteroatoms. The number of likely N-dealkylation sites (tertiary alicyclic amines) is 1. The summed E-state index contributed by atoms with van der Waals surface area (Å²) < 4.78 is 20.0. The maximum Gasteiger partial charge on any atom is 0.320 e. The first-order valence-electron chi connectivity index (χ1n) is 13.1. The Balaban J connectivity index is 1.30. The number of imidazole rings is 1. The SMILES string of the molecule is Cc1nc2ccc(-c3cc(C)c4c(c3)CN(C(=O)N3CCCCC3c3ccc(F)c(Cl)c3)CCO4)cc2[nH]1. The standard InChI is InChI=1S/C30H30ClFN4O2/c1-18-13-22(20-7-9-26-27(16-20)34-19(2)33-26)14-23-17-35(11-12-38-29(18)23)30(37)36-10-4-3-5-28(36)21-6-8-25(32)24(31)15-21/h6-9,13-16,28H,3-5,10-12,17H2,1-2H3,(H,33,34). The summed E-state index contributed by atoms with van der Waals surface area (Å²) in [5, 5.41) is 0.0871. The highest BCUT2D eigenvalue weighted by atomic mass is 35.5. The van der Waals surface area contributed by atoms with E-state index < -0.39 is 5.82 Å². The van der Waals surface area contributed by atoms with Crippen molar-refractivity contribution in [2.75, 3.05) is 19.7 Å². The maximum absolute atomic E-state index is 13.9. The molecule has 2 aliphatic rings. The lowest BCUT2D eigenvalue weighted by molar-refractivity contribution is 0.110. The van der Waals surface area contributed by atoms with Crippen LogP contribution in [0.2, 0.25) is 5.02 Å². The van der Waals surface area contributed by atoms with Crippen LogP contribution in [0.1, 0.15) is 47.8 Å². The number of aromatic nitrogens is 2. The highest BCUT2D eigenvalue weighted by Gasteiger charge is 2.33. The number of carbonyl (C=O) groups is 1. The van der Waals surface area contributed by atoms with Crippen molar-refractivity contribution in [3.63, 3.8) is 0 Å². The topological polar surface area (TPSA) is 61.5 Å². The number of nitrogens with zero attached hydrogens (tertiary/aromatic N) is 3. The van der Waals surface area contributed by atoms with Crippen molar-refractivity contribution in [2.24, 2.45) is 0 Å². The summed E-state index contributed by atoms with van der Waals surface area (Å²) in [7, 11) is 0. The largest absolute Gasteiger partial charge is 0.491 e. The van der Waals surface area contributed by atoms with E-state index in [1.807, 2.05) is 22.8 Å². The van der Waals surface area contributed by atoms with Crippen molar-refractivity contribution in [2.45, 2.75) is 45.7 Å². The molecule has 2 amide bonds. The van der Waals surface area contributed by atoms with Crippen molar-refractivity contribution >= 4 is 28.7 Å². The molecule has 1 saturated heterocycles. The average molecular weight is 533 g/mol. The zero-order valence-electron chi connectivity index (χ0n) is 21.6. The molecule has 196 valence electrons. The number of carbonyl (C=O) groups excluding carboxylic acids is 1. The summed E-state index contributed by atoms with van der Waals surface area (Å²) in [4.78, 5) is 25.5. The number of fused-ring (bicyclic) bond motifs is 2. The number of urea groups is 1. The van der Waals surface area contributed by atoms with Crippen LogP contribution in [0.5, 0.6) is 5.75 Å². The Morgan fingerprint density at radius 3 is 2.79 bits per heavy atom. The number of hydrogen-bond acceptors (Lipinski definition) is 3. The van der Waals surface area contributed by atoms with Crippen molar-refractivity contribution < 1.29 is 13.9 Å². The molecule has 2 aliphatic heterocycles. The van der Waals surface area contributed by atoms with Crippen LogP contribution in [-0.4, -0.2) is 45.5 Å². The first-order chi connectivity index (χ1) is 18.4. The summed E-state index contributed by atoms with van der Waals surface area (Å²) in [6.07, 6.45) is 2.78. The average Bonchev–Trinajstić information content (AvgIpc) is 3.15. The number of piperidine rings is 1. The highest BCUT2D eigenvalue weighted by Crippen LogP contribution is 2.37. The Hall–Kier alpha value is -3.58. The highest BCUT2D eigenvalue weighted by molar-refractivity contribution is 6.30. The van der Waals surface area contributed by atoms with Gasteiger partial charge in [0.25, 0.3) is 0 Å². The van der Waals surface area contributed by atoms with Crippen LogP contribution in [0.4, 0.5) is 9.18 Å². The van der Waals surface area contributed by atoms with Crippen molar-refractivity contribution in [3.05, 3.63) is 81.9 Å².